The van der Waals surface area contributed by atoms with Crippen LogP contribution in [0.15, 0.2) is 72.8 Å². The maximum Gasteiger partial charge on any atom is 0.258 e. The second-order valence-electron chi connectivity index (χ2n) is 10.5. The Bertz CT molecular complexity index is 1380. The first-order valence-electron chi connectivity index (χ1n) is 14.2. The zero-order chi connectivity index (χ0) is 30.1. The summed E-state index contributed by atoms with van der Waals surface area (Å²) in [6.07, 6.45) is -0.418. The van der Waals surface area contributed by atoms with Gasteiger partial charge in [-0.25, -0.2) is 0 Å². The molecular weight excluding hydrogens is 550 g/mol. The zero-order valence-corrected chi connectivity index (χ0v) is 25.2. The van der Waals surface area contributed by atoms with E-state index in [2.05, 4.69) is 17.6 Å². The lowest BCUT2D eigenvalue weighted by atomic mass is 9.99. The van der Waals surface area contributed by atoms with Gasteiger partial charge in [0.05, 0.1) is 11.9 Å². The topological polar surface area (TPSA) is 108 Å². The molecule has 1 heterocycles. The standard InChI is InChI=1S/C33H39N3O5S/c1-4-24-14-15-29(23(3)16-24)41-19-30(37)35-27(17-25-11-6-5-7-12-25)31(38)33(40)36-21-42-20-28(36)32(39)34-18-26-13-9-8-10-22(26)2/h5-16,27-28,31,38H,4,17-21H2,1-3H3,(H,34,39)(H,35,37)/t27-,28-,31-/m0/s1. The van der Waals surface area contributed by atoms with Crippen molar-refractivity contribution in [2.75, 3.05) is 18.2 Å². The van der Waals surface area contributed by atoms with Gasteiger partial charge < -0.3 is 25.4 Å². The Hall–Kier alpha value is -3.82. The minimum atomic E-state index is -1.55. The number of aryl methyl sites for hydroxylation is 3. The van der Waals surface area contributed by atoms with E-state index in [0.717, 1.165) is 28.7 Å². The first-order valence-corrected chi connectivity index (χ1v) is 15.4. The smallest absolute Gasteiger partial charge is 0.258 e. The van der Waals surface area contributed by atoms with E-state index >= 15 is 0 Å². The van der Waals surface area contributed by atoms with Gasteiger partial charge >= 0.3 is 0 Å². The average Bonchev–Trinajstić information content (AvgIpc) is 3.49. The minimum Gasteiger partial charge on any atom is -0.484 e. The molecule has 0 spiro atoms. The van der Waals surface area contributed by atoms with Gasteiger partial charge in [-0.3, -0.25) is 14.4 Å². The molecule has 3 atom stereocenters. The van der Waals surface area contributed by atoms with Crippen LogP contribution in [0.2, 0.25) is 0 Å². The van der Waals surface area contributed by atoms with Crippen LogP contribution in [0.4, 0.5) is 0 Å². The number of nitrogens with one attached hydrogen (secondary N) is 2. The van der Waals surface area contributed by atoms with Gasteiger partial charge in [0.1, 0.15) is 11.8 Å². The lowest BCUT2D eigenvalue weighted by molar-refractivity contribution is -0.146. The molecule has 9 heteroatoms. The molecule has 1 saturated heterocycles. The van der Waals surface area contributed by atoms with Gasteiger partial charge in [-0.15, -0.1) is 11.8 Å². The normalized spacial score (nSPS) is 16.0. The van der Waals surface area contributed by atoms with Gasteiger partial charge in [0.25, 0.3) is 11.8 Å². The number of carbonyl (C=O) groups is 3. The first-order chi connectivity index (χ1) is 20.3. The summed E-state index contributed by atoms with van der Waals surface area (Å²) >= 11 is 1.45. The van der Waals surface area contributed by atoms with Crippen molar-refractivity contribution in [1.82, 2.24) is 15.5 Å². The Morgan fingerprint density at radius 1 is 1.00 bits per heavy atom. The van der Waals surface area contributed by atoms with Gasteiger partial charge in [-0.1, -0.05) is 73.7 Å². The summed E-state index contributed by atoms with van der Waals surface area (Å²) in [5.74, 6) is -0.00930. The van der Waals surface area contributed by atoms with Crippen LogP contribution in [0, 0.1) is 13.8 Å². The number of hydrogen-bond donors (Lipinski definition) is 3. The van der Waals surface area contributed by atoms with E-state index in [1.165, 1.54) is 22.2 Å². The van der Waals surface area contributed by atoms with Crippen molar-refractivity contribution in [2.24, 2.45) is 0 Å². The van der Waals surface area contributed by atoms with Gasteiger partial charge in [0, 0.05) is 12.3 Å². The Balaban J connectivity index is 1.42. The Labute approximate surface area is 251 Å². The summed E-state index contributed by atoms with van der Waals surface area (Å²) in [5, 5.41) is 17.0. The van der Waals surface area contributed by atoms with Crippen LogP contribution in [0.1, 0.15) is 34.7 Å². The molecule has 3 aromatic carbocycles. The highest BCUT2D eigenvalue weighted by Crippen LogP contribution is 2.24. The molecule has 1 fully saturated rings. The third-order valence-corrected chi connectivity index (χ3v) is 8.48. The molecule has 0 aliphatic carbocycles. The van der Waals surface area contributed by atoms with Crippen LogP contribution in [0.5, 0.6) is 5.75 Å². The van der Waals surface area contributed by atoms with Crippen molar-refractivity contribution in [2.45, 2.75) is 58.3 Å². The fourth-order valence-electron chi connectivity index (χ4n) is 4.92. The molecule has 3 N–H and O–H groups in total. The van der Waals surface area contributed by atoms with Gasteiger partial charge in [-0.05, 0) is 60.6 Å². The highest BCUT2D eigenvalue weighted by molar-refractivity contribution is 7.99. The average molecular weight is 590 g/mol. The molecule has 1 aliphatic heterocycles. The highest BCUT2D eigenvalue weighted by Gasteiger charge is 2.40. The summed E-state index contributed by atoms with van der Waals surface area (Å²) < 4.78 is 5.76. The largest absolute Gasteiger partial charge is 0.484 e. The predicted molar refractivity (Wildman–Crippen MR) is 165 cm³/mol. The Morgan fingerprint density at radius 2 is 1.74 bits per heavy atom. The summed E-state index contributed by atoms with van der Waals surface area (Å²) in [4.78, 5) is 41.1. The van der Waals surface area contributed by atoms with E-state index in [4.69, 9.17) is 4.74 Å². The van der Waals surface area contributed by atoms with Crippen molar-refractivity contribution in [1.29, 1.82) is 0 Å². The molecule has 3 aromatic rings. The number of aliphatic hydroxyl groups excluding tert-OH is 1. The third kappa shape index (κ3) is 8.14. The summed E-state index contributed by atoms with van der Waals surface area (Å²) in [5.41, 5.74) is 5.02. The second-order valence-corrected chi connectivity index (χ2v) is 11.5. The lowest BCUT2D eigenvalue weighted by Crippen LogP contribution is -2.56. The van der Waals surface area contributed by atoms with Crippen molar-refractivity contribution < 1.29 is 24.2 Å². The quantitative estimate of drug-likeness (QED) is 0.298. The number of ether oxygens (including phenoxy) is 1. The van der Waals surface area contributed by atoms with Crippen molar-refractivity contribution in [3.05, 3.63) is 101 Å². The molecule has 0 radical (unpaired) electrons. The van der Waals surface area contributed by atoms with Gasteiger partial charge in [0.15, 0.2) is 12.7 Å². The maximum absolute atomic E-state index is 13.6. The molecule has 1 aliphatic rings. The highest BCUT2D eigenvalue weighted by atomic mass is 32.2. The molecule has 42 heavy (non-hydrogen) atoms. The Kier molecular flexibility index (Phi) is 11.0. The number of thioether (sulfide) groups is 1. The molecular formula is C33H39N3O5S. The van der Waals surface area contributed by atoms with Gasteiger partial charge in [0.2, 0.25) is 5.91 Å². The number of benzene rings is 3. The fourth-order valence-corrected chi connectivity index (χ4v) is 6.09. The van der Waals surface area contributed by atoms with Crippen molar-refractivity contribution in [3.63, 3.8) is 0 Å². The van der Waals surface area contributed by atoms with Crippen molar-refractivity contribution >= 4 is 29.5 Å². The number of hydrogen-bond acceptors (Lipinski definition) is 6. The Morgan fingerprint density at radius 3 is 2.45 bits per heavy atom. The van der Waals surface area contributed by atoms with E-state index in [-0.39, 0.29) is 24.8 Å². The van der Waals surface area contributed by atoms with Gasteiger partial charge in [-0.2, -0.15) is 0 Å². The monoisotopic (exact) mass is 589 g/mol. The molecule has 222 valence electrons. The van der Waals surface area contributed by atoms with Crippen LogP contribution in [0.3, 0.4) is 0 Å². The summed E-state index contributed by atoms with van der Waals surface area (Å²) in [6.45, 7) is 6.07. The molecule has 4 rings (SSSR count). The van der Waals surface area contributed by atoms with Crippen LogP contribution >= 0.6 is 11.8 Å². The SMILES string of the molecule is CCc1ccc(OCC(=O)N[C@@H](Cc2ccccc2)[C@H](O)C(=O)N2CSC[C@H]2C(=O)NCc2ccccc2C)c(C)c1. The van der Waals surface area contributed by atoms with Crippen LogP contribution in [-0.4, -0.2) is 64.2 Å². The molecule has 0 unspecified atom stereocenters. The van der Waals surface area contributed by atoms with E-state index in [0.29, 0.717) is 18.0 Å². The summed E-state index contributed by atoms with van der Waals surface area (Å²) in [6, 6.07) is 21.3. The molecule has 0 bridgehead atoms. The first kappa shape index (κ1) is 31.1. The molecule has 0 saturated carbocycles. The van der Waals surface area contributed by atoms with E-state index in [1.54, 1.807) is 0 Å². The van der Waals surface area contributed by atoms with Crippen LogP contribution in [-0.2, 0) is 33.8 Å². The number of aliphatic hydroxyl groups is 1. The minimum absolute atomic E-state index is 0.231. The zero-order valence-electron chi connectivity index (χ0n) is 24.3. The van der Waals surface area contributed by atoms with Crippen molar-refractivity contribution in [3.8, 4) is 5.75 Å². The second kappa shape index (κ2) is 14.9. The number of amides is 3. The predicted octanol–water partition coefficient (Wildman–Crippen LogP) is 3.55. The van der Waals surface area contributed by atoms with E-state index in [1.807, 2.05) is 86.6 Å². The molecule has 8 nitrogen and oxygen atoms in total. The van der Waals surface area contributed by atoms with Crippen LogP contribution < -0.4 is 15.4 Å². The van der Waals surface area contributed by atoms with Crippen LogP contribution in [0.25, 0.3) is 0 Å². The molecule has 3 amide bonds. The number of carbonyl (C=O) groups excluding carboxylic acids is 3. The molecule has 0 aromatic heterocycles. The fraction of sp³-hybridized carbons (Fsp3) is 0.364. The van der Waals surface area contributed by atoms with E-state index in [9.17, 15) is 19.5 Å². The maximum atomic E-state index is 13.6. The van der Waals surface area contributed by atoms with E-state index < -0.39 is 30.0 Å². The summed E-state index contributed by atoms with van der Waals surface area (Å²) in [7, 11) is 0. The third-order valence-electron chi connectivity index (χ3n) is 7.47. The number of rotatable bonds is 12. The lowest BCUT2D eigenvalue weighted by Gasteiger charge is -2.30. The number of nitrogens with zero attached hydrogens (tertiary/aromatic N) is 1.